The van der Waals surface area contributed by atoms with E-state index in [4.69, 9.17) is 4.42 Å². The summed E-state index contributed by atoms with van der Waals surface area (Å²) in [6.07, 6.45) is 6.06. The minimum Gasteiger partial charge on any atom is -0.423 e. The maximum Gasteiger partial charge on any atom is 0.344 e. The van der Waals surface area contributed by atoms with Crippen LogP contribution in [0.15, 0.2) is 4.42 Å². The number of nitrogens with zero attached hydrogens (tertiary/aromatic N) is 4. The van der Waals surface area contributed by atoms with E-state index in [1.165, 1.54) is 12.8 Å². The van der Waals surface area contributed by atoms with E-state index in [1.807, 2.05) is 0 Å². The van der Waals surface area contributed by atoms with E-state index in [0.29, 0.717) is 18.3 Å². The van der Waals surface area contributed by atoms with E-state index < -0.39 is 0 Å². The smallest absolute Gasteiger partial charge is 0.344 e. The molecule has 0 spiro atoms. The predicted molar refractivity (Wildman–Crippen MR) is 76.0 cm³/mol. The summed E-state index contributed by atoms with van der Waals surface area (Å²) in [5, 5.41) is 18.8. The van der Waals surface area contributed by atoms with Crippen molar-refractivity contribution in [1.29, 1.82) is 0 Å². The minimum absolute atomic E-state index is 0.0910. The molecule has 22 heavy (non-hydrogen) atoms. The van der Waals surface area contributed by atoms with Crippen LogP contribution in [0, 0.1) is 11.8 Å². The molecule has 7 nitrogen and oxygen atoms in total. The van der Waals surface area contributed by atoms with Gasteiger partial charge in [-0.3, -0.25) is 5.21 Å². The van der Waals surface area contributed by atoms with Crippen LogP contribution in [0.25, 0.3) is 0 Å². The van der Waals surface area contributed by atoms with Crippen LogP contribution in [0.2, 0.25) is 0 Å². The van der Waals surface area contributed by atoms with Crippen molar-refractivity contribution in [3.63, 3.8) is 0 Å². The lowest BCUT2D eigenvalue weighted by Gasteiger charge is -2.32. The molecule has 3 fully saturated rings. The Kier molecular flexibility index (Phi) is 3.32. The summed E-state index contributed by atoms with van der Waals surface area (Å²) in [6, 6.07) is -0.631. The Labute approximate surface area is 129 Å². The van der Waals surface area contributed by atoms with Crippen molar-refractivity contribution in [3.05, 3.63) is 11.8 Å². The number of urea groups is 1. The second-order valence-corrected chi connectivity index (χ2v) is 7.04. The molecule has 2 aliphatic heterocycles. The van der Waals surface area contributed by atoms with Crippen molar-refractivity contribution in [3.8, 4) is 0 Å². The van der Waals surface area contributed by atoms with E-state index in [-0.39, 0.29) is 18.1 Å². The lowest BCUT2D eigenvalue weighted by Crippen LogP contribution is -2.34. The molecule has 1 N–H and O–H groups in total. The molecule has 0 aromatic carbocycles. The summed E-state index contributed by atoms with van der Waals surface area (Å²) in [6.45, 7) is 2.83. The molecule has 2 atom stereocenters. The van der Waals surface area contributed by atoms with E-state index in [1.54, 1.807) is 4.90 Å². The number of rotatable bonds is 4. The highest BCUT2D eigenvalue weighted by Gasteiger charge is 2.46. The fraction of sp³-hybridized carbons (Fsp3) is 0.800. The number of carbonyl (C=O) groups excluding carboxylic acids is 1. The topological polar surface area (TPSA) is 82.7 Å². The molecule has 1 aromatic heterocycles. The predicted octanol–water partition coefficient (Wildman–Crippen LogP) is 2.38. The fourth-order valence-electron chi connectivity index (χ4n) is 4.04. The van der Waals surface area contributed by atoms with Crippen LogP contribution in [-0.4, -0.2) is 44.0 Å². The Hall–Kier alpha value is -1.63. The van der Waals surface area contributed by atoms with Gasteiger partial charge in [0.15, 0.2) is 0 Å². The number of piperidine rings is 1. The molecule has 2 amide bonds. The van der Waals surface area contributed by atoms with Gasteiger partial charge in [-0.1, -0.05) is 6.92 Å². The first-order valence-corrected chi connectivity index (χ1v) is 8.22. The maximum absolute atomic E-state index is 12.0. The van der Waals surface area contributed by atoms with Crippen molar-refractivity contribution in [2.45, 2.75) is 57.5 Å². The summed E-state index contributed by atoms with van der Waals surface area (Å²) in [7, 11) is 0. The molecule has 1 aliphatic carbocycles. The number of aromatic nitrogens is 2. The number of carbonyl (C=O) groups is 1. The van der Waals surface area contributed by atoms with Gasteiger partial charge in [-0.05, 0) is 43.9 Å². The SMILES string of the molecule is CC1CC(CCc2nnc(C3CCC4CN3C(=O)N4O)o2)C1. The monoisotopic (exact) mass is 306 g/mol. The molecule has 4 rings (SSSR count). The number of hydrogen-bond acceptors (Lipinski definition) is 5. The lowest BCUT2D eigenvalue weighted by molar-refractivity contribution is -0.0584. The van der Waals surface area contributed by atoms with Crippen molar-refractivity contribution < 1.29 is 14.4 Å². The van der Waals surface area contributed by atoms with E-state index in [0.717, 1.165) is 42.6 Å². The third-order valence-electron chi connectivity index (χ3n) is 5.35. The van der Waals surface area contributed by atoms with Crippen LogP contribution in [0.5, 0.6) is 0 Å². The molecule has 7 heteroatoms. The third-order valence-corrected chi connectivity index (χ3v) is 5.35. The van der Waals surface area contributed by atoms with Gasteiger partial charge in [0.1, 0.15) is 6.04 Å². The molecule has 2 bridgehead atoms. The van der Waals surface area contributed by atoms with Crippen molar-refractivity contribution in [2.75, 3.05) is 6.54 Å². The maximum atomic E-state index is 12.0. The summed E-state index contributed by atoms with van der Waals surface area (Å²) in [5.74, 6) is 2.84. The second kappa shape index (κ2) is 5.22. The average Bonchev–Trinajstić information content (AvgIpc) is 3.04. The van der Waals surface area contributed by atoms with Crippen molar-refractivity contribution >= 4 is 6.03 Å². The van der Waals surface area contributed by atoms with Gasteiger partial charge in [-0.25, -0.2) is 9.86 Å². The van der Waals surface area contributed by atoms with Gasteiger partial charge in [0.2, 0.25) is 11.8 Å². The van der Waals surface area contributed by atoms with Gasteiger partial charge in [-0.2, -0.15) is 0 Å². The highest BCUT2D eigenvalue weighted by molar-refractivity contribution is 5.76. The molecule has 1 saturated carbocycles. The van der Waals surface area contributed by atoms with Gasteiger partial charge in [-0.15, -0.1) is 10.2 Å². The normalized spacial score (nSPS) is 34.2. The number of aryl methyl sites for hydroxylation is 1. The quantitative estimate of drug-likeness (QED) is 0.864. The average molecular weight is 306 g/mol. The first-order chi connectivity index (χ1) is 10.6. The van der Waals surface area contributed by atoms with Crippen LogP contribution >= 0.6 is 0 Å². The Bertz CT molecular complexity index is 569. The van der Waals surface area contributed by atoms with E-state index in [9.17, 15) is 10.0 Å². The Morgan fingerprint density at radius 3 is 2.91 bits per heavy atom. The first-order valence-electron chi connectivity index (χ1n) is 8.22. The van der Waals surface area contributed by atoms with Gasteiger partial charge in [0.25, 0.3) is 0 Å². The van der Waals surface area contributed by atoms with Crippen molar-refractivity contribution in [2.24, 2.45) is 11.8 Å². The first kappa shape index (κ1) is 14.0. The number of amides is 2. The van der Waals surface area contributed by atoms with Crippen LogP contribution in [-0.2, 0) is 6.42 Å². The van der Waals surface area contributed by atoms with Crippen molar-refractivity contribution in [1.82, 2.24) is 20.2 Å². The second-order valence-electron chi connectivity index (χ2n) is 7.04. The molecule has 2 saturated heterocycles. The molecule has 3 heterocycles. The van der Waals surface area contributed by atoms with Gasteiger partial charge < -0.3 is 9.32 Å². The van der Waals surface area contributed by atoms with Gasteiger partial charge in [0, 0.05) is 13.0 Å². The van der Waals surface area contributed by atoms with Gasteiger partial charge in [0.05, 0.1) is 6.04 Å². The van der Waals surface area contributed by atoms with Crippen LogP contribution < -0.4 is 0 Å². The molecule has 0 radical (unpaired) electrons. The Morgan fingerprint density at radius 2 is 2.14 bits per heavy atom. The highest BCUT2D eigenvalue weighted by atomic mass is 16.5. The number of fused-ring (bicyclic) bond motifs is 2. The molecule has 1 aromatic rings. The summed E-state index contributed by atoms with van der Waals surface area (Å²) in [4.78, 5) is 13.6. The Morgan fingerprint density at radius 1 is 1.32 bits per heavy atom. The largest absolute Gasteiger partial charge is 0.423 e. The zero-order valence-electron chi connectivity index (χ0n) is 12.8. The lowest BCUT2D eigenvalue weighted by atomic mass is 9.74. The summed E-state index contributed by atoms with van der Waals surface area (Å²) >= 11 is 0. The van der Waals surface area contributed by atoms with Gasteiger partial charge >= 0.3 is 6.03 Å². The molecule has 2 unspecified atom stereocenters. The molecule has 3 aliphatic rings. The third kappa shape index (κ3) is 2.27. The molecular formula is C15H22N4O3. The highest BCUT2D eigenvalue weighted by Crippen LogP contribution is 2.38. The standard InChI is InChI=1S/C15H22N4O3/c1-9-6-10(7-9)2-5-13-16-17-14(22-13)12-4-3-11-8-18(12)15(20)19(11)21/h9-12,21H,2-8H2,1H3. The van der Waals surface area contributed by atoms with Crippen LogP contribution in [0.4, 0.5) is 4.79 Å². The summed E-state index contributed by atoms with van der Waals surface area (Å²) < 4.78 is 5.79. The van der Waals surface area contributed by atoms with E-state index in [2.05, 4.69) is 17.1 Å². The number of hydroxylamine groups is 2. The molecular weight excluding hydrogens is 284 g/mol. The zero-order valence-corrected chi connectivity index (χ0v) is 12.8. The minimum atomic E-state index is -0.351. The molecule has 120 valence electrons. The fourth-order valence-corrected chi connectivity index (χ4v) is 4.04. The van der Waals surface area contributed by atoms with Crippen LogP contribution in [0.3, 0.4) is 0 Å². The zero-order chi connectivity index (χ0) is 15.3. The summed E-state index contributed by atoms with van der Waals surface area (Å²) in [5.41, 5.74) is 0. The Balaban J connectivity index is 1.40. The number of hydrogen-bond donors (Lipinski definition) is 1. The van der Waals surface area contributed by atoms with Crippen LogP contribution in [0.1, 0.15) is 56.9 Å². The van der Waals surface area contributed by atoms with E-state index >= 15 is 0 Å².